The van der Waals surface area contributed by atoms with Crippen LogP contribution in [0.25, 0.3) is 0 Å². The highest BCUT2D eigenvalue weighted by Crippen LogP contribution is 2.28. The zero-order valence-electron chi connectivity index (χ0n) is 11.4. The smallest absolute Gasteiger partial charge is 0.323 e. The van der Waals surface area contributed by atoms with Crippen LogP contribution in [0.3, 0.4) is 0 Å². The van der Waals surface area contributed by atoms with Crippen LogP contribution in [0.4, 0.5) is 4.79 Å². The molecule has 0 bridgehead atoms. The largest absolute Gasteiger partial charge is 0.468 e. The topological polar surface area (TPSA) is 74.2 Å². The maximum absolute atomic E-state index is 11.5. The van der Waals surface area contributed by atoms with Crippen molar-refractivity contribution in [3.8, 4) is 0 Å². The summed E-state index contributed by atoms with van der Waals surface area (Å²) in [5.74, 6) is 0.836. The van der Waals surface area contributed by atoms with Crippen molar-refractivity contribution < 1.29 is 9.53 Å². The van der Waals surface area contributed by atoms with Crippen molar-refractivity contribution in [2.24, 2.45) is 5.92 Å². The first-order valence-electron chi connectivity index (χ1n) is 6.85. The Morgan fingerprint density at radius 3 is 2.56 bits per heavy atom. The number of hydrogen-bond acceptors (Lipinski definition) is 3. The number of unbranched alkanes of at least 4 members (excludes halogenated alkanes) is 1. The van der Waals surface area contributed by atoms with E-state index in [9.17, 15) is 4.79 Å². The first-order chi connectivity index (χ1) is 8.65. The predicted octanol–water partition coefficient (Wildman–Crippen LogP) is 2.62. The van der Waals surface area contributed by atoms with Crippen LogP contribution in [0, 0.1) is 11.3 Å². The van der Waals surface area contributed by atoms with E-state index in [0.29, 0.717) is 0 Å². The molecule has 0 heterocycles. The van der Waals surface area contributed by atoms with Gasteiger partial charge in [-0.25, -0.2) is 4.79 Å². The number of carbonyl (C=O) groups is 1. The third kappa shape index (κ3) is 5.38. The zero-order valence-corrected chi connectivity index (χ0v) is 11.4. The third-order valence-corrected chi connectivity index (χ3v) is 3.58. The van der Waals surface area contributed by atoms with Crippen LogP contribution in [-0.2, 0) is 4.74 Å². The summed E-state index contributed by atoms with van der Waals surface area (Å²) in [5, 5.41) is 12.4. The molecule has 0 aromatic heterocycles. The maximum Gasteiger partial charge on any atom is 0.323 e. The Balaban J connectivity index is 2.18. The van der Waals surface area contributed by atoms with Gasteiger partial charge in [0.1, 0.15) is 0 Å². The van der Waals surface area contributed by atoms with Gasteiger partial charge in [0.05, 0.1) is 7.11 Å². The molecule has 1 aliphatic carbocycles. The van der Waals surface area contributed by atoms with Crippen LogP contribution in [0.1, 0.15) is 51.9 Å². The Bertz CT molecular complexity index is 273. The highest BCUT2D eigenvalue weighted by molar-refractivity contribution is 5.91. The van der Waals surface area contributed by atoms with Gasteiger partial charge in [0.15, 0.2) is 0 Å². The van der Waals surface area contributed by atoms with Crippen LogP contribution in [-0.4, -0.2) is 25.2 Å². The van der Waals surface area contributed by atoms with E-state index in [1.807, 2.05) is 0 Å². The van der Waals surface area contributed by atoms with Crippen molar-refractivity contribution >= 4 is 12.1 Å². The molecule has 104 valence electrons. The minimum Gasteiger partial charge on any atom is -0.468 e. The van der Waals surface area contributed by atoms with Crippen molar-refractivity contribution in [1.82, 2.24) is 10.6 Å². The van der Waals surface area contributed by atoms with Crippen LogP contribution in [0.15, 0.2) is 0 Å². The lowest BCUT2D eigenvalue weighted by Crippen LogP contribution is -2.45. The summed E-state index contributed by atoms with van der Waals surface area (Å²) in [6.07, 6.45) is 8.39. The molecule has 1 aliphatic rings. The molecule has 2 amide bonds. The number of carbonyl (C=O) groups excluding carboxylic acids is 1. The second-order valence-electron chi connectivity index (χ2n) is 4.99. The fourth-order valence-electron chi connectivity index (χ4n) is 2.46. The molecular formula is C13H25N3O2. The van der Waals surface area contributed by atoms with Crippen LogP contribution in [0.5, 0.6) is 0 Å². The molecule has 1 saturated carbocycles. The number of amides is 2. The number of methoxy groups -OCH3 is 1. The Morgan fingerprint density at radius 2 is 2.00 bits per heavy atom. The molecule has 1 rings (SSSR count). The molecule has 0 atom stereocenters. The lowest BCUT2D eigenvalue weighted by Gasteiger charge is -2.29. The molecule has 1 fully saturated rings. The molecular weight excluding hydrogens is 230 g/mol. The lowest BCUT2D eigenvalue weighted by atomic mass is 9.83. The summed E-state index contributed by atoms with van der Waals surface area (Å²) in [6, 6.07) is -0.310. The molecule has 3 N–H and O–H groups in total. The van der Waals surface area contributed by atoms with E-state index in [1.54, 1.807) is 0 Å². The van der Waals surface area contributed by atoms with Gasteiger partial charge in [-0.05, 0) is 31.6 Å². The van der Waals surface area contributed by atoms with Gasteiger partial charge in [-0.3, -0.25) is 10.7 Å². The number of urea groups is 1. The van der Waals surface area contributed by atoms with E-state index in [0.717, 1.165) is 18.8 Å². The Kier molecular flexibility index (Phi) is 6.54. The summed E-state index contributed by atoms with van der Waals surface area (Å²) >= 11 is 0. The van der Waals surface area contributed by atoms with Gasteiger partial charge in [0.2, 0.25) is 0 Å². The minimum atomic E-state index is -0.334. The predicted molar refractivity (Wildman–Crippen MR) is 71.7 cm³/mol. The fourth-order valence-corrected chi connectivity index (χ4v) is 2.46. The van der Waals surface area contributed by atoms with Crippen LogP contribution in [0.2, 0.25) is 0 Å². The van der Waals surface area contributed by atoms with Crippen molar-refractivity contribution in [2.75, 3.05) is 7.11 Å². The maximum atomic E-state index is 11.5. The normalized spacial score (nSPS) is 23.2. The quantitative estimate of drug-likeness (QED) is 0.533. The first kappa shape index (κ1) is 14.8. The van der Waals surface area contributed by atoms with Gasteiger partial charge in [0.25, 0.3) is 6.02 Å². The van der Waals surface area contributed by atoms with E-state index >= 15 is 0 Å². The molecule has 5 heteroatoms. The van der Waals surface area contributed by atoms with E-state index in [1.165, 1.54) is 39.2 Å². The number of amidine groups is 1. The van der Waals surface area contributed by atoms with Gasteiger partial charge in [-0.2, -0.15) is 0 Å². The molecule has 0 saturated heterocycles. The number of ether oxygens (including phenoxy) is 1. The van der Waals surface area contributed by atoms with E-state index in [-0.39, 0.29) is 18.1 Å². The zero-order chi connectivity index (χ0) is 13.4. The Labute approximate surface area is 109 Å². The lowest BCUT2D eigenvalue weighted by molar-refractivity contribution is 0.226. The van der Waals surface area contributed by atoms with Crippen LogP contribution < -0.4 is 10.6 Å². The summed E-state index contributed by atoms with van der Waals surface area (Å²) in [6.45, 7) is 2.22. The van der Waals surface area contributed by atoms with Gasteiger partial charge in [-0.1, -0.05) is 26.2 Å². The molecule has 0 aromatic rings. The second kappa shape index (κ2) is 7.95. The average molecular weight is 255 g/mol. The number of rotatable bonds is 4. The van der Waals surface area contributed by atoms with Gasteiger partial charge in [0, 0.05) is 6.04 Å². The molecule has 18 heavy (non-hydrogen) atoms. The van der Waals surface area contributed by atoms with Crippen molar-refractivity contribution in [2.45, 2.75) is 57.9 Å². The molecule has 5 nitrogen and oxygen atoms in total. The summed E-state index contributed by atoms with van der Waals surface area (Å²) < 4.78 is 4.58. The minimum absolute atomic E-state index is 0.218. The summed E-state index contributed by atoms with van der Waals surface area (Å²) in [7, 11) is 1.36. The molecule has 0 aliphatic heterocycles. The number of hydrogen-bond donors (Lipinski definition) is 3. The molecule has 0 spiro atoms. The van der Waals surface area contributed by atoms with Crippen molar-refractivity contribution in [1.29, 1.82) is 5.41 Å². The Hall–Kier alpha value is -1.26. The Morgan fingerprint density at radius 1 is 1.33 bits per heavy atom. The fraction of sp³-hybridized carbons (Fsp3) is 0.846. The molecule has 0 unspecified atom stereocenters. The highest BCUT2D eigenvalue weighted by atomic mass is 16.5. The second-order valence-corrected chi connectivity index (χ2v) is 4.99. The number of nitrogens with one attached hydrogen (secondary N) is 3. The van der Waals surface area contributed by atoms with E-state index in [2.05, 4.69) is 22.3 Å². The van der Waals surface area contributed by atoms with Crippen LogP contribution >= 0.6 is 0 Å². The molecule has 0 radical (unpaired) electrons. The van der Waals surface area contributed by atoms with Crippen molar-refractivity contribution in [3.05, 3.63) is 0 Å². The molecule has 0 aromatic carbocycles. The SMILES string of the molecule is CCCCC1CCC(NC(=O)NC(=N)OC)CC1. The van der Waals surface area contributed by atoms with E-state index in [4.69, 9.17) is 5.41 Å². The standard InChI is InChI=1S/C13H25N3O2/c1-3-4-5-10-6-8-11(9-7-10)15-13(17)16-12(14)18-2/h10-11H,3-9H2,1-2H3,(H3,14,15,16,17). The third-order valence-electron chi connectivity index (χ3n) is 3.58. The monoisotopic (exact) mass is 255 g/mol. The first-order valence-corrected chi connectivity index (χ1v) is 6.85. The highest BCUT2D eigenvalue weighted by Gasteiger charge is 2.22. The van der Waals surface area contributed by atoms with Gasteiger partial charge in [-0.15, -0.1) is 0 Å². The van der Waals surface area contributed by atoms with Crippen molar-refractivity contribution in [3.63, 3.8) is 0 Å². The van der Waals surface area contributed by atoms with Gasteiger partial charge < -0.3 is 10.1 Å². The van der Waals surface area contributed by atoms with E-state index < -0.39 is 0 Å². The summed E-state index contributed by atoms with van der Waals surface area (Å²) in [4.78, 5) is 11.5. The van der Waals surface area contributed by atoms with Gasteiger partial charge >= 0.3 is 6.03 Å². The summed E-state index contributed by atoms with van der Waals surface area (Å²) in [5.41, 5.74) is 0. The average Bonchev–Trinajstić information content (AvgIpc) is 2.37.